The van der Waals surface area contributed by atoms with Gasteiger partial charge in [0.1, 0.15) is 0 Å². The van der Waals surface area contributed by atoms with E-state index in [0.29, 0.717) is 0 Å². The Kier molecular flexibility index (Phi) is 6.38. The summed E-state index contributed by atoms with van der Waals surface area (Å²) >= 11 is 0. The number of likely N-dealkylation sites (N-methyl/N-ethyl adjacent to an activating group) is 1. The number of nitrogens with zero attached hydrogens (tertiary/aromatic N) is 2. The molecule has 112 valence electrons. The highest BCUT2D eigenvalue weighted by Crippen LogP contribution is 2.16. The van der Waals surface area contributed by atoms with Gasteiger partial charge in [-0.1, -0.05) is 37.3 Å². The predicted molar refractivity (Wildman–Crippen MR) is 86.1 cm³/mol. The van der Waals surface area contributed by atoms with Gasteiger partial charge in [0.15, 0.2) is 0 Å². The average molecular weight is 284 g/mol. The lowest BCUT2D eigenvalue weighted by molar-refractivity contribution is 0.144. The number of pyridine rings is 1. The highest BCUT2D eigenvalue weighted by atomic mass is 16.3. The van der Waals surface area contributed by atoms with Gasteiger partial charge in [-0.15, -0.1) is 0 Å². The lowest BCUT2D eigenvalue weighted by Gasteiger charge is -2.22. The highest BCUT2D eigenvalue weighted by Gasteiger charge is 2.09. The summed E-state index contributed by atoms with van der Waals surface area (Å²) in [6.07, 6.45) is 5.10. The van der Waals surface area contributed by atoms with Gasteiger partial charge in [0, 0.05) is 25.5 Å². The van der Waals surface area contributed by atoms with E-state index >= 15 is 0 Å². The Morgan fingerprint density at radius 3 is 2.43 bits per heavy atom. The number of rotatable bonds is 8. The Labute approximate surface area is 127 Å². The van der Waals surface area contributed by atoms with Gasteiger partial charge in [-0.3, -0.25) is 4.98 Å². The van der Waals surface area contributed by atoms with E-state index in [2.05, 4.69) is 28.9 Å². The van der Waals surface area contributed by atoms with Crippen LogP contribution >= 0.6 is 0 Å². The molecule has 1 unspecified atom stereocenters. The summed E-state index contributed by atoms with van der Waals surface area (Å²) in [5.41, 5.74) is 2.31. The minimum Gasteiger partial charge on any atom is -0.388 e. The van der Waals surface area contributed by atoms with Crippen LogP contribution < -0.4 is 0 Å². The molecule has 0 aliphatic heterocycles. The molecule has 0 amide bonds. The van der Waals surface area contributed by atoms with Crippen LogP contribution in [0.1, 0.15) is 30.6 Å². The number of aliphatic hydroxyl groups is 1. The standard InChI is InChI=1S/C18H24N2O/c1-2-20(14-10-16-8-12-19-13-9-16)15-11-18(21)17-6-4-3-5-7-17/h3-9,12-13,18,21H,2,10-11,14-15H2,1H3. The summed E-state index contributed by atoms with van der Waals surface area (Å²) in [5.74, 6) is 0. The van der Waals surface area contributed by atoms with E-state index in [9.17, 15) is 5.11 Å². The van der Waals surface area contributed by atoms with Gasteiger partial charge in [-0.2, -0.15) is 0 Å². The van der Waals surface area contributed by atoms with E-state index in [4.69, 9.17) is 0 Å². The maximum absolute atomic E-state index is 10.2. The van der Waals surface area contributed by atoms with E-state index < -0.39 is 0 Å². The lowest BCUT2D eigenvalue weighted by atomic mass is 10.1. The zero-order valence-corrected chi connectivity index (χ0v) is 12.7. The van der Waals surface area contributed by atoms with E-state index in [1.165, 1.54) is 5.56 Å². The monoisotopic (exact) mass is 284 g/mol. The van der Waals surface area contributed by atoms with Gasteiger partial charge in [0.2, 0.25) is 0 Å². The summed E-state index contributed by atoms with van der Waals surface area (Å²) in [6, 6.07) is 14.0. The first-order chi connectivity index (χ1) is 10.3. The Morgan fingerprint density at radius 1 is 1.05 bits per heavy atom. The summed E-state index contributed by atoms with van der Waals surface area (Å²) in [4.78, 5) is 6.42. The highest BCUT2D eigenvalue weighted by molar-refractivity contribution is 5.17. The third-order valence-corrected chi connectivity index (χ3v) is 3.82. The van der Waals surface area contributed by atoms with Crippen molar-refractivity contribution in [2.24, 2.45) is 0 Å². The van der Waals surface area contributed by atoms with Gasteiger partial charge in [0.05, 0.1) is 6.10 Å². The molecule has 2 aromatic rings. The first kappa shape index (κ1) is 15.7. The molecule has 0 radical (unpaired) electrons. The molecule has 1 aromatic heterocycles. The smallest absolute Gasteiger partial charge is 0.0802 e. The molecule has 0 bridgehead atoms. The molecule has 1 atom stereocenters. The van der Waals surface area contributed by atoms with Crippen LogP contribution in [-0.2, 0) is 6.42 Å². The van der Waals surface area contributed by atoms with Crippen LogP contribution in [0.4, 0.5) is 0 Å². The van der Waals surface area contributed by atoms with Crippen LogP contribution in [0.25, 0.3) is 0 Å². The van der Waals surface area contributed by atoms with Crippen molar-refractivity contribution in [3.8, 4) is 0 Å². The maximum Gasteiger partial charge on any atom is 0.0802 e. The zero-order valence-electron chi connectivity index (χ0n) is 12.7. The fraction of sp³-hybridized carbons (Fsp3) is 0.389. The summed E-state index contributed by atoms with van der Waals surface area (Å²) in [5, 5.41) is 10.2. The van der Waals surface area contributed by atoms with Crippen molar-refractivity contribution in [1.82, 2.24) is 9.88 Å². The third-order valence-electron chi connectivity index (χ3n) is 3.82. The first-order valence-electron chi connectivity index (χ1n) is 7.64. The van der Waals surface area contributed by atoms with E-state index in [-0.39, 0.29) is 6.10 Å². The first-order valence-corrected chi connectivity index (χ1v) is 7.64. The Balaban J connectivity index is 1.77. The number of benzene rings is 1. The summed E-state index contributed by atoms with van der Waals surface area (Å²) < 4.78 is 0. The molecule has 0 fully saturated rings. The number of aliphatic hydroxyl groups excluding tert-OH is 1. The fourth-order valence-electron chi connectivity index (χ4n) is 2.41. The molecular weight excluding hydrogens is 260 g/mol. The Morgan fingerprint density at radius 2 is 1.76 bits per heavy atom. The van der Waals surface area contributed by atoms with Crippen LogP contribution in [0, 0.1) is 0 Å². The second-order valence-corrected chi connectivity index (χ2v) is 5.25. The molecule has 1 heterocycles. The second-order valence-electron chi connectivity index (χ2n) is 5.25. The topological polar surface area (TPSA) is 36.4 Å². The molecule has 1 aromatic carbocycles. The van der Waals surface area contributed by atoms with Gasteiger partial charge in [0.25, 0.3) is 0 Å². The molecule has 3 heteroatoms. The van der Waals surface area contributed by atoms with Crippen molar-refractivity contribution in [1.29, 1.82) is 0 Å². The quantitative estimate of drug-likeness (QED) is 0.809. The average Bonchev–Trinajstić information content (AvgIpc) is 2.56. The molecular formula is C18H24N2O. The molecule has 3 nitrogen and oxygen atoms in total. The number of hydrogen-bond donors (Lipinski definition) is 1. The Bertz CT molecular complexity index is 501. The molecule has 0 saturated heterocycles. The summed E-state index contributed by atoms with van der Waals surface area (Å²) in [7, 11) is 0. The van der Waals surface area contributed by atoms with Crippen molar-refractivity contribution in [2.45, 2.75) is 25.9 Å². The largest absolute Gasteiger partial charge is 0.388 e. The van der Waals surface area contributed by atoms with Crippen molar-refractivity contribution < 1.29 is 5.11 Å². The van der Waals surface area contributed by atoms with Crippen molar-refractivity contribution in [3.05, 3.63) is 66.0 Å². The van der Waals surface area contributed by atoms with Gasteiger partial charge in [-0.25, -0.2) is 0 Å². The van der Waals surface area contributed by atoms with Crippen LogP contribution in [0.2, 0.25) is 0 Å². The molecule has 1 N–H and O–H groups in total. The van der Waals surface area contributed by atoms with Crippen molar-refractivity contribution in [3.63, 3.8) is 0 Å². The van der Waals surface area contributed by atoms with Gasteiger partial charge < -0.3 is 10.0 Å². The minimum absolute atomic E-state index is 0.374. The van der Waals surface area contributed by atoms with Gasteiger partial charge >= 0.3 is 0 Å². The third kappa shape index (κ3) is 5.29. The van der Waals surface area contributed by atoms with Crippen molar-refractivity contribution in [2.75, 3.05) is 19.6 Å². The van der Waals surface area contributed by atoms with E-state index in [0.717, 1.165) is 38.0 Å². The number of aromatic nitrogens is 1. The van der Waals surface area contributed by atoms with E-state index in [1.54, 1.807) is 0 Å². The fourth-order valence-corrected chi connectivity index (χ4v) is 2.41. The van der Waals surface area contributed by atoms with Crippen LogP contribution in [-0.4, -0.2) is 34.6 Å². The predicted octanol–water partition coefficient (Wildman–Crippen LogP) is 3.07. The molecule has 0 saturated carbocycles. The molecule has 2 rings (SSSR count). The van der Waals surface area contributed by atoms with Crippen LogP contribution in [0.5, 0.6) is 0 Å². The molecule has 0 aliphatic rings. The second kappa shape index (κ2) is 8.55. The number of hydrogen-bond acceptors (Lipinski definition) is 3. The zero-order chi connectivity index (χ0) is 14.9. The van der Waals surface area contributed by atoms with Crippen LogP contribution in [0.3, 0.4) is 0 Å². The lowest BCUT2D eigenvalue weighted by Crippen LogP contribution is -2.28. The molecule has 0 aliphatic carbocycles. The molecule has 21 heavy (non-hydrogen) atoms. The van der Waals surface area contributed by atoms with Gasteiger partial charge in [-0.05, 0) is 42.6 Å². The minimum atomic E-state index is -0.374. The maximum atomic E-state index is 10.2. The SMILES string of the molecule is CCN(CCc1ccncc1)CCC(O)c1ccccc1. The Hall–Kier alpha value is -1.71. The van der Waals surface area contributed by atoms with Crippen molar-refractivity contribution >= 4 is 0 Å². The molecule has 0 spiro atoms. The van der Waals surface area contributed by atoms with E-state index in [1.807, 2.05) is 42.7 Å². The van der Waals surface area contributed by atoms with Crippen LogP contribution in [0.15, 0.2) is 54.9 Å². The normalized spacial score (nSPS) is 12.5. The summed E-state index contributed by atoms with van der Waals surface area (Å²) in [6.45, 7) is 5.10.